The zero-order chi connectivity index (χ0) is 29.1. The number of aryl methyl sites for hydroxylation is 1. The molecule has 0 radical (unpaired) electrons. The second kappa shape index (κ2) is 15.6. The molecule has 10 heteroatoms. The van der Waals surface area contributed by atoms with Crippen molar-refractivity contribution >= 4 is 11.9 Å². The Morgan fingerprint density at radius 1 is 1.12 bits per heavy atom. The number of methoxy groups -OCH3 is 2. The predicted molar refractivity (Wildman–Crippen MR) is 158 cm³/mol. The molecule has 1 spiro atoms. The number of likely N-dealkylation sites (N-methyl/N-ethyl adjacent to an activating group) is 1. The van der Waals surface area contributed by atoms with E-state index < -0.39 is 6.29 Å². The highest BCUT2D eigenvalue weighted by molar-refractivity contribution is 5.75. The first-order valence-electron chi connectivity index (χ1n) is 14.8. The van der Waals surface area contributed by atoms with Crippen molar-refractivity contribution in [2.75, 3.05) is 78.7 Å². The van der Waals surface area contributed by atoms with Gasteiger partial charge in [-0.3, -0.25) is 9.69 Å². The van der Waals surface area contributed by atoms with Gasteiger partial charge in [-0.05, 0) is 42.9 Å². The number of ether oxygens (including phenoxy) is 4. The smallest absolute Gasteiger partial charge is 0.225 e. The normalized spacial score (nSPS) is 17.3. The minimum absolute atomic E-state index is 0.0137. The molecule has 226 valence electrons. The zero-order valence-electron chi connectivity index (χ0n) is 25.2. The molecule has 2 aromatic rings. The van der Waals surface area contributed by atoms with Crippen LogP contribution in [0.25, 0.3) is 0 Å². The zero-order valence-corrected chi connectivity index (χ0v) is 25.2. The molecule has 1 amide bonds. The number of benzene rings is 1. The van der Waals surface area contributed by atoms with E-state index >= 15 is 0 Å². The van der Waals surface area contributed by atoms with Gasteiger partial charge in [-0.25, -0.2) is 9.97 Å². The Bertz CT molecular complexity index is 1090. The van der Waals surface area contributed by atoms with Crippen LogP contribution in [0.2, 0.25) is 0 Å². The molecule has 1 aromatic heterocycles. The van der Waals surface area contributed by atoms with Gasteiger partial charge in [-0.2, -0.15) is 0 Å². The summed E-state index contributed by atoms with van der Waals surface area (Å²) >= 11 is 0. The maximum atomic E-state index is 12.3. The number of amides is 1. The molecule has 3 heterocycles. The fourth-order valence-corrected chi connectivity index (χ4v) is 5.53. The number of carbonyl (C=O) groups excluding carboxylic acids is 1. The Balaban J connectivity index is 1.17. The summed E-state index contributed by atoms with van der Waals surface area (Å²) in [5, 5.41) is 0. The van der Waals surface area contributed by atoms with Crippen LogP contribution in [-0.4, -0.2) is 111 Å². The fraction of sp³-hybridized carbons (Fsp3) is 0.645. The average molecular weight is 570 g/mol. The lowest BCUT2D eigenvalue weighted by Crippen LogP contribution is -2.57. The number of hydrogen-bond donors (Lipinski definition) is 0. The van der Waals surface area contributed by atoms with Crippen LogP contribution in [0, 0.1) is 0 Å². The van der Waals surface area contributed by atoms with Crippen LogP contribution in [0.1, 0.15) is 43.0 Å². The van der Waals surface area contributed by atoms with Gasteiger partial charge in [0.25, 0.3) is 0 Å². The lowest BCUT2D eigenvalue weighted by Gasteiger charge is -2.47. The first kappa shape index (κ1) is 31.3. The topological polar surface area (TPSA) is 89.5 Å². The van der Waals surface area contributed by atoms with Crippen molar-refractivity contribution in [2.24, 2.45) is 0 Å². The molecule has 0 saturated carbocycles. The van der Waals surface area contributed by atoms with E-state index in [0.717, 1.165) is 76.7 Å². The van der Waals surface area contributed by atoms with E-state index in [4.69, 9.17) is 23.9 Å². The number of anilines is 1. The summed E-state index contributed by atoms with van der Waals surface area (Å²) in [5.74, 6) is 0.844. The van der Waals surface area contributed by atoms with Crippen LogP contribution >= 0.6 is 0 Å². The van der Waals surface area contributed by atoms with Gasteiger partial charge in [0.05, 0.1) is 44.9 Å². The van der Waals surface area contributed by atoms with Crippen LogP contribution < -0.4 is 4.90 Å². The summed E-state index contributed by atoms with van der Waals surface area (Å²) in [6, 6.07) is 10.7. The van der Waals surface area contributed by atoms with Gasteiger partial charge in [0, 0.05) is 59.3 Å². The number of hydrogen-bond acceptors (Lipinski definition) is 9. The Morgan fingerprint density at radius 2 is 1.90 bits per heavy atom. The number of carbonyl (C=O) groups is 1. The second-order valence-electron chi connectivity index (χ2n) is 11.0. The summed E-state index contributed by atoms with van der Waals surface area (Å²) in [4.78, 5) is 28.0. The van der Waals surface area contributed by atoms with E-state index in [2.05, 4.69) is 46.0 Å². The molecule has 0 N–H and O–H groups in total. The first-order valence-corrected chi connectivity index (χ1v) is 14.8. The number of morpholine rings is 1. The fourth-order valence-electron chi connectivity index (χ4n) is 5.53. The summed E-state index contributed by atoms with van der Waals surface area (Å²) in [6.07, 6.45) is 5.55. The van der Waals surface area contributed by atoms with Gasteiger partial charge < -0.3 is 28.7 Å². The van der Waals surface area contributed by atoms with E-state index in [1.807, 2.05) is 12.3 Å². The maximum Gasteiger partial charge on any atom is 0.225 e. The monoisotopic (exact) mass is 569 g/mol. The summed E-state index contributed by atoms with van der Waals surface area (Å²) < 4.78 is 22.5. The molecule has 2 fully saturated rings. The number of rotatable bonds is 14. The molecule has 4 rings (SSSR count). The molecule has 2 saturated heterocycles. The van der Waals surface area contributed by atoms with Crippen LogP contribution in [0.5, 0.6) is 0 Å². The Kier molecular flexibility index (Phi) is 11.9. The van der Waals surface area contributed by atoms with Crippen LogP contribution in [0.4, 0.5) is 5.95 Å². The molecule has 2 aliphatic rings. The molecule has 41 heavy (non-hydrogen) atoms. The third kappa shape index (κ3) is 9.18. The number of likely N-dealkylation sites (tertiary alicyclic amines) is 1. The summed E-state index contributed by atoms with van der Waals surface area (Å²) in [6.45, 7) is 8.87. The molecule has 10 nitrogen and oxygen atoms in total. The van der Waals surface area contributed by atoms with Gasteiger partial charge in [-0.1, -0.05) is 31.2 Å². The Hall–Kier alpha value is -2.63. The van der Waals surface area contributed by atoms with E-state index in [9.17, 15) is 4.79 Å². The van der Waals surface area contributed by atoms with Crippen molar-refractivity contribution in [1.82, 2.24) is 19.8 Å². The van der Waals surface area contributed by atoms with Crippen LogP contribution in [0.3, 0.4) is 0 Å². The van der Waals surface area contributed by atoms with E-state index in [1.54, 1.807) is 26.2 Å². The Morgan fingerprint density at radius 3 is 2.66 bits per heavy atom. The third-order valence-corrected chi connectivity index (χ3v) is 8.13. The van der Waals surface area contributed by atoms with Crippen molar-refractivity contribution in [3.05, 3.63) is 53.3 Å². The van der Waals surface area contributed by atoms with Gasteiger partial charge in [0.15, 0.2) is 6.29 Å². The molecule has 1 aromatic carbocycles. The van der Waals surface area contributed by atoms with Gasteiger partial charge >= 0.3 is 0 Å². The quantitative estimate of drug-likeness (QED) is 0.252. The third-order valence-electron chi connectivity index (χ3n) is 8.13. The summed E-state index contributed by atoms with van der Waals surface area (Å²) in [7, 11) is 4.88. The van der Waals surface area contributed by atoms with Gasteiger partial charge in [0.1, 0.15) is 0 Å². The minimum Gasteiger partial charge on any atom is -0.381 e. The SMILES string of the molecule is CCc1ccnc(N2CCOC3(CCN(Cc4cccc(CCOCCC(=O)N(C)CC(OC)OC)c4)CC3)C2)n1. The first-order chi connectivity index (χ1) is 19.9. The van der Waals surface area contributed by atoms with Crippen molar-refractivity contribution in [1.29, 1.82) is 0 Å². The highest BCUT2D eigenvalue weighted by Gasteiger charge is 2.40. The average Bonchev–Trinajstić information content (AvgIpc) is 3.01. The lowest BCUT2D eigenvalue weighted by atomic mass is 9.89. The molecule has 0 unspecified atom stereocenters. The minimum atomic E-state index is -0.418. The van der Waals surface area contributed by atoms with Crippen molar-refractivity contribution in [3.8, 4) is 0 Å². The molecule has 2 aliphatic heterocycles. The second-order valence-corrected chi connectivity index (χ2v) is 11.0. The van der Waals surface area contributed by atoms with Crippen LogP contribution in [-0.2, 0) is 43.1 Å². The van der Waals surface area contributed by atoms with Crippen LogP contribution in [0.15, 0.2) is 36.5 Å². The van der Waals surface area contributed by atoms with Crippen molar-refractivity contribution in [2.45, 2.75) is 57.5 Å². The molecular weight excluding hydrogens is 522 g/mol. The molecule has 0 atom stereocenters. The molecular formula is C31H47N5O5. The van der Waals surface area contributed by atoms with Gasteiger partial charge in [-0.15, -0.1) is 0 Å². The highest BCUT2D eigenvalue weighted by atomic mass is 16.7. The van der Waals surface area contributed by atoms with Gasteiger partial charge in [0.2, 0.25) is 11.9 Å². The van der Waals surface area contributed by atoms with Crippen molar-refractivity contribution < 1.29 is 23.7 Å². The summed E-state index contributed by atoms with van der Waals surface area (Å²) in [5.41, 5.74) is 3.53. The maximum absolute atomic E-state index is 12.3. The van der Waals surface area contributed by atoms with Crippen molar-refractivity contribution in [3.63, 3.8) is 0 Å². The number of aromatic nitrogens is 2. The lowest BCUT2D eigenvalue weighted by molar-refractivity contribution is -0.143. The van der Waals surface area contributed by atoms with E-state index in [0.29, 0.717) is 26.2 Å². The van der Waals surface area contributed by atoms with E-state index in [-0.39, 0.29) is 11.5 Å². The predicted octanol–water partition coefficient (Wildman–Crippen LogP) is 2.94. The highest BCUT2D eigenvalue weighted by Crippen LogP contribution is 2.32. The number of nitrogens with zero attached hydrogens (tertiary/aromatic N) is 5. The standard InChI is InChI=1S/C31H47N5O5/c1-5-27-9-14-32-30(33-27)36-17-20-41-31(24-36)12-15-35(16-13-31)22-26-8-6-7-25(21-26)10-18-40-19-11-28(37)34(2)23-29(38-3)39-4/h6-9,14,21,29H,5,10-13,15-20,22-24H2,1-4H3. The van der Waals surface area contributed by atoms with E-state index in [1.165, 1.54) is 11.1 Å². The molecule has 0 aliphatic carbocycles. The number of piperidine rings is 1. The Labute approximate surface area is 244 Å². The molecule has 0 bridgehead atoms. The largest absolute Gasteiger partial charge is 0.381 e.